The number of carbonyl (C=O) groups excluding carboxylic acids is 1. The number of nitrogens with one attached hydrogen (secondary N) is 1. The zero-order valence-electron chi connectivity index (χ0n) is 11.8. The number of nitrogen functional groups attached to an aromatic ring is 1. The molecule has 2 aromatic rings. The number of hydrogen-bond donors (Lipinski definition) is 2. The summed E-state index contributed by atoms with van der Waals surface area (Å²) in [6.07, 6.45) is 0. The van der Waals surface area contributed by atoms with Crippen LogP contribution in [0.25, 0.3) is 0 Å². The summed E-state index contributed by atoms with van der Waals surface area (Å²) >= 11 is 0. The molecule has 0 spiro atoms. The summed E-state index contributed by atoms with van der Waals surface area (Å²) in [5.74, 6) is -0.847. The van der Waals surface area contributed by atoms with Crippen LogP contribution < -0.4 is 11.1 Å². The molecule has 1 amide bonds. The van der Waals surface area contributed by atoms with Crippen LogP contribution in [0.5, 0.6) is 0 Å². The minimum Gasteiger partial charge on any atom is -0.398 e. The maximum atomic E-state index is 13.6. The van der Waals surface area contributed by atoms with E-state index in [2.05, 4.69) is 5.32 Å². The highest BCUT2D eigenvalue weighted by atomic mass is 19.1. The van der Waals surface area contributed by atoms with Crippen LogP contribution in [-0.4, -0.2) is 5.91 Å². The summed E-state index contributed by atoms with van der Waals surface area (Å²) in [7, 11) is 0. The fraction of sp³-hybridized carbons (Fsp3) is 0.188. The van der Waals surface area contributed by atoms with E-state index in [1.54, 1.807) is 6.92 Å². The minimum absolute atomic E-state index is 0.214. The largest absolute Gasteiger partial charge is 0.398 e. The van der Waals surface area contributed by atoms with Gasteiger partial charge in [-0.3, -0.25) is 4.79 Å². The predicted molar refractivity (Wildman–Crippen MR) is 79.4 cm³/mol. The van der Waals surface area contributed by atoms with Crippen LogP contribution >= 0.6 is 0 Å². The maximum Gasteiger partial charge on any atom is 0.255 e. The van der Waals surface area contributed by atoms with Crippen molar-refractivity contribution >= 4 is 17.3 Å². The van der Waals surface area contributed by atoms with E-state index < -0.39 is 5.82 Å². The average Bonchev–Trinajstić information content (AvgIpc) is 2.39. The van der Waals surface area contributed by atoms with Crippen molar-refractivity contribution in [1.82, 2.24) is 0 Å². The fourth-order valence-corrected chi connectivity index (χ4v) is 1.90. The molecule has 20 heavy (non-hydrogen) atoms. The summed E-state index contributed by atoms with van der Waals surface area (Å²) in [5.41, 5.74) is 9.24. The van der Waals surface area contributed by atoms with Crippen LogP contribution in [0.3, 0.4) is 0 Å². The monoisotopic (exact) mass is 272 g/mol. The lowest BCUT2D eigenvalue weighted by Gasteiger charge is -2.11. The molecule has 104 valence electrons. The lowest BCUT2D eigenvalue weighted by atomic mass is 10.1. The van der Waals surface area contributed by atoms with Crippen molar-refractivity contribution in [2.75, 3.05) is 11.1 Å². The Kier molecular flexibility index (Phi) is 3.74. The smallest absolute Gasteiger partial charge is 0.255 e. The molecule has 0 aliphatic heterocycles. The Hall–Kier alpha value is -2.36. The zero-order chi connectivity index (χ0) is 14.9. The third kappa shape index (κ3) is 2.79. The highest BCUT2D eigenvalue weighted by molar-refractivity contribution is 6.05. The number of benzene rings is 2. The van der Waals surface area contributed by atoms with E-state index in [0.717, 1.165) is 16.8 Å². The summed E-state index contributed by atoms with van der Waals surface area (Å²) < 4.78 is 13.6. The molecule has 0 aliphatic rings. The van der Waals surface area contributed by atoms with Crippen molar-refractivity contribution < 1.29 is 9.18 Å². The third-order valence-corrected chi connectivity index (χ3v) is 3.29. The Bertz CT molecular complexity index is 657. The topological polar surface area (TPSA) is 55.1 Å². The van der Waals surface area contributed by atoms with Crippen LogP contribution in [0.2, 0.25) is 0 Å². The lowest BCUT2D eigenvalue weighted by molar-refractivity contribution is 0.102. The van der Waals surface area contributed by atoms with E-state index in [-0.39, 0.29) is 17.2 Å². The lowest BCUT2D eigenvalue weighted by Crippen LogP contribution is -2.14. The highest BCUT2D eigenvalue weighted by Crippen LogP contribution is 2.20. The van der Waals surface area contributed by atoms with Gasteiger partial charge in [0.1, 0.15) is 5.82 Å². The number of halogens is 1. The van der Waals surface area contributed by atoms with E-state index in [1.807, 2.05) is 32.0 Å². The molecule has 0 fully saturated rings. The molecule has 0 atom stereocenters. The molecule has 0 unspecified atom stereocenters. The number of nitrogens with two attached hydrogens (primary N) is 1. The van der Waals surface area contributed by atoms with Gasteiger partial charge in [-0.2, -0.15) is 0 Å². The molecule has 0 heterocycles. The van der Waals surface area contributed by atoms with Crippen molar-refractivity contribution in [3.8, 4) is 0 Å². The summed E-state index contributed by atoms with van der Waals surface area (Å²) in [6.45, 7) is 5.43. The molecule has 0 radical (unpaired) electrons. The molecule has 2 aromatic carbocycles. The molecular formula is C16H17FN2O. The normalized spacial score (nSPS) is 10.4. The van der Waals surface area contributed by atoms with Gasteiger partial charge in [-0.15, -0.1) is 0 Å². The molecule has 0 aromatic heterocycles. The summed E-state index contributed by atoms with van der Waals surface area (Å²) in [6, 6.07) is 8.45. The molecule has 3 nitrogen and oxygen atoms in total. The summed E-state index contributed by atoms with van der Waals surface area (Å²) in [5, 5.41) is 2.78. The average molecular weight is 272 g/mol. The molecule has 2 rings (SSSR count). The quantitative estimate of drug-likeness (QED) is 0.821. The zero-order valence-corrected chi connectivity index (χ0v) is 11.8. The van der Waals surface area contributed by atoms with Crippen LogP contribution in [0.1, 0.15) is 27.0 Å². The number of amides is 1. The van der Waals surface area contributed by atoms with Gasteiger partial charge in [-0.25, -0.2) is 4.39 Å². The number of aryl methyl sites for hydroxylation is 2. The number of hydrogen-bond acceptors (Lipinski definition) is 2. The Morgan fingerprint density at radius 2 is 1.85 bits per heavy atom. The van der Waals surface area contributed by atoms with Gasteiger partial charge in [-0.05, 0) is 50.1 Å². The predicted octanol–water partition coefficient (Wildman–Crippen LogP) is 3.59. The van der Waals surface area contributed by atoms with Gasteiger partial charge in [-0.1, -0.05) is 12.1 Å². The van der Waals surface area contributed by atoms with Gasteiger partial charge in [0.05, 0.1) is 0 Å². The Morgan fingerprint density at radius 3 is 2.50 bits per heavy atom. The molecule has 3 N–H and O–H groups in total. The first kappa shape index (κ1) is 14.1. The first-order chi connectivity index (χ1) is 9.38. The number of carbonyl (C=O) groups is 1. The second-order valence-corrected chi connectivity index (χ2v) is 4.94. The van der Waals surface area contributed by atoms with Crippen molar-refractivity contribution in [1.29, 1.82) is 0 Å². The van der Waals surface area contributed by atoms with Crippen LogP contribution in [0.15, 0.2) is 30.3 Å². The van der Waals surface area contributed by atoms with Crippen LogP contribution in [-0.2, 0) is 0 Å². The second kappa shape index (κ2) is 5.33. The molecule has 0 saturated heterocycles. The van der Waals surface area contributed by atoms with Crippen molar-refractivity contribution in [2.45, 2.75) is 20.8 Å². The van der Waals surface area contributed by atoms with Gasteiger partial charge in [0, 0.05) is 22.5 Å². The van der Waals surface area contributed by atoms with E-state index >= 15 is 0 Å². The van der Waals surface area contributed by atoms with Gasteiger partial charge in [0.2, 0.25) is 0 Å². The van der Waals surface area contributed by atoms with E-state index in [9.17, 15) is 9.18 Å². The van der Waals surface area contributed by atoms with Crippen molar-refractivity contribution in [2.24, 2.45) is 0 Å². The van der Waals surface area contributed by atoms with Gasteiger partial charge in [0.25, 0.3) is 5.91 Å². The SMILES string of the molecule is Cc1ccc(C)c(NC(=O)c2cc(N)c(C)c(F)c2)c1. The van der Waals surface area contributed by atoms with Gasteiger partial charge < -0.3 is 11.1 Å². The minimum atomic E-state index is -0.476. The van der Waals surface area contributed by atoms with E-state index in [0.29, 0.717) is 5.56 Å². The Morgan fingerprint density at radius 1 is 1.15 bits per heavy atom. The van der Waals surface area contributed by atoms with Crippen molar-refractivity contribution in [3.05, 3.63) is 58.4 Å². The standard InChI is InChI=1S/C16H17FN2O/c1-9-4-5-10(2)15(6-9)19-16(20)12-7-13(17)11(3)14(18)8-12/h4-8H,18H2,1-3H3,(H,19,20). The molecular weight excluding hydrogens is 255 g/mol. The highest BCUT2D eigenvalue weighted by Gasteiger charge is 2.12. The first-order valence-electron chi connectivity index (χ1n) is 6.32. The number of anilines is 2. The molecule has 0 aliphatic carbocycles. The Balaban J connectivity index is 2.31. The molecule has 4 heteroatoms. The summed E-state index contributed by atoms with van der Waals surface area (Å²) in [4.78, 5) is 12.2. The Labute approximate surface area is 117 Å². The fourth-order valence-electron chi connectivity index (χ4n) is 1.90. The van der Waals surface area contributed by atoms with E-state index in [4.69, 9.17) is 5.73 Å². The van der Waals surface area contributed by atoms with Gasteiger partial charge >= 0.3 is 0 Å². The molecule has 0 bridgehead atoms. The number of rotatable bonds is 2. The van der Waals surface area contributed by atoms with Crippen LogP contribution in [0, 0.1) is 26.6 Å². The van der Waals surface area contributed by atoms with Crippen LogP contribution in [0.4, 0.5) is 15.8 Å². The van der Waals surface area contributed by atoms with Gasteiger partial charge in [0.15, 0.2) is 0 Å². The maximum absolute atomic E-state index is 13.6. The third-order valence-electron chi connectivity index (χ3n) is 3.29. The molecule has 0 saturated carbocycles. The van der Waals surface area contributed by atoms with E-state index in [1.165, 1.54) is 12.1 Å². The van der Waals surface area contributed by atoms with Crippen molar-refractivity contribution in [3.63, 3.8) is 0 Å². The second-order valence-electron chi connectivity index (χ2n) is 4.94. The first-order valence-corrected chi connectivity index (χ1v) is 6.32.